The molecule has 8 heteroatoms. The van der Waals surface area contributed by atoms with Gasteiger partial charge in [-0.05, 0) is 37.3 Å². The number of nitrogens with one attached hydrogen (secondary N) is 1. The molecule has 0 amide bonds. The Bertz CT molecular complexity index is 1500. The van der Waals surface area contributed by atoms with Crippen molar-refractivity contribution in [2.75, 3.05) is 18.6 Å². The van der Waals surface area contributed by atoms with Crippen LogP contribution in [0.15, 0.2) is 42.5 Å². The number of carbonyl (C=O) groups is 1. The molecule has 1 aliphatic heterocycles. The first-order chi connectivity index (χ1) is 15.1. The van der Waals surface area contributed by atoms with Gasteiger partial charge in [-0.25, -0.2) is 14.8 Å². The van der Waals surface area contributed by atoms with Crippen LogP contribution in [0.5, 0.6) is 0 Å². The van der Waals surface area contributed by atoms with Crippen LogP contribution in [0.4, 0.5) is 5.95 Å². The normalized spacial score (nSPS) is 13.8. The molecule has 2 aromatic carbocycles. The lowest BCUT2D eigenvalue weighted by molar-refractivity contribution is 0.0601. The van der Waals surface area contributed by atoms with E-state index in [9.17, 15) is 4.79 Å². The van der Waals surface area contributed by atoms with Gasteiger partial charge in [0.1, 0.15) is 5.82 Å². The third-order valence-electron chi connectivity index (χ3n) is 5.95. The van der Waals surface area contributed by atoms with E-state index < -0.39 is 0 Å². The Hall–Kier alpha value is -3.94. The summed E-state index contributed by atoms with van der Waals surface area (Å²) in [6, 6.07) is 13.7. The summed E-state index contributed by atoms with van der Waals surface area (Å²) in [6.45, 7) is 3.37. The number of fused-ring (bicyclic) bond motifs is 6. The molecule has 0 radical (unpaired) electrons. The van der Waals surface area contributed by atoms with E-state index in [2.05, 4.69) is 20.0 Å². The zero-order valence-electron chi connectivity index (χ0n) is 17.2. The van der Waals surface area contributed by atoms with Gasteiger partial charge >= 0.3 is 5.97 Å². The molecule has 6 rings (SSSR count). The number of rotatable bonds is 2. The first kappa shape index (κ1) is 17.9. The van der Waals surface area contributed by atoms with E-state index in [1.807, 2.05) is 47.8 Å². The standard InChI is InChI=1S/C23H20N6O2/c1-13-24-21-15-5-3-4-6-18(15)26-23(29(21)27-13)28-10-9-20-17(12-28)16-11-14(22(30)31-2)7-8-19(16)25-20/h3-8,11,25H,9-10,12H2,1-2H3. The fraction of sp³-hybridized carbons (Fsp3) is 0.217. The number of benzene rings is 2. The van der Waals surface area contributed by atoms with Gasteiger partial charge in [-0.2, -0.15) is 4.52 Å². The van der Waals surface area contributed by atoms with Crippen molar-refractivity contribution in [1.82, 2.24) is 24.6 Å². The van der Waals surface area contributed by atoms with Crippen molar-refractivity contribution in [2.24, 2.45) is 0 Å². The predicted octanol–water partition coefficient (Wildman–Crippen LogP) is 3.42. The van der Waals surface area contributed by atoms with E-state index >= 15 is 0 Å². The number of hydrogen-bond acceptors (Lipinski definition) is 6. The molecule has 8 nitrogen and oxygen atoms in total. The molecular formula is C23H20N6O2. The number of methoxy groups -OCH3 is 1. The van der Waals surface area contributed by atoms with Crippen LogP contribution in [0.2, 0.25) is 0 Å². The van der Waals surface area contributed by atoms with Crippen molar-refractivity contribution < 1.29 is 9.53 Å². The van der Waals surface area contributed by atoms with Gasteiger partial charge in [0.25, 0.3) is 0 Å². The third-order valence-corrected chi connectivity index (χ3v) is 5.95. The summed E-state index contributed by atoms with van der Waals surface area (Å²) in [6.07, 6.45) is 0.848. The Kier molecular flexibility index (Phi) is 3.77. The number of hydrogen-bond donors (Lipinski definition) is 1. The van der Waals surface area contributed by atoms with Gasteiger partial charge in [0.05, 0.1) is 18.2 Å². The highest BCUT2D eigenvalue weighted by molar-refractivity contribution is 5.96. The highest BCUT2D eigenvalue weighted by Gasteiger charge is 2.25. The summed E-state index contributed by atoms with van der Waals surface area (Å²) < 4.78 is 6.74. The maximum atomic E-state index is 12.0. The van der Waals surface area contributed by atoms with E-state index in [0.29, 0.717) is 17.9 Å². The van der Waals surface area contributed by atoms with Crippen molar-refractivity contribution >= 4 is 39.4 Å². The molecule has 0 saturated heterocycles. The molecule has 0 saturated carbocycles. The molecule has 3 aromatic heterocycles. The van der Waals surface area contributed by atoms with E-state index in [0.717, 1.165) is 46.4 Å². The quantitative estimate of drug-likeness (QED) is 0.447. The molecule has 31 heavy (non-hydrogen) atoms. The SMILES string of the molecule is COC(=O)c1ccc2[nH]c3c(c2c1)CN(c1nc2ccccc2c2nc(C)nn12)CC3. The van der Waals surface area contributed by atoms with E-state index in [1.165, 1.54) is 18.4 Å². The maximum Gasteiger partial charge on any atom is 0.337 e. The van der Waals surface area contributed by atoms with Gasteiger partial charge in [-0.15, -0.1) is 5.10 Å². The van der Waals surface area contributed by atoms with Gasteiger partial charge in [-0.1, -0.05) is 12.1 Å². The minimum absolute atomic E-state index is 0.333. The molecular weight excluding hydrogens is 392 g/mol. The minimum atomic E-state index is -0.333. The van der Waals surface area contributed by atoms with Crippen LogP contribution in [0, 0.1) is 6.92 Å². The summed E-state index contributed by atoms with van der Waals surface area (Å²) in [5, 5.41) is 6.65. The topological polar surface area (TPSA) is 88.4 Å². The van der Waals surface area contributed by atoms with Crippen LogP contribution in [-0.4, -0.2) is 44.2 Å². The molecule has 1 aliphatic rings. The summed E-state index contributed by atoms with van der Waals surface area (Å²) in [7, 11) is 1.40. The van der Waals surface area contributed by atoms with Crippen molar-refractivity contribution in [2.45, 2.75) is 19.9 Å². The fourth-order valence-electron chi connectivity index (χ4n) is 4.48. The number of aromatic nitrogens is 5. The largest absolute Gasteiger partial charge is 0.465 e. The maximum absolute atomic E-state index is 12.0. The molecule has 5 aromatic rings. The number of H-pyrrole nitrogens is 1. The molecule has 0 fully saturated rings. The van der Waals surface area contributed by atoms with Gasteiger partial charge in [0.15, 0.2) is 5.65 Å². The summed E-state index contributed by atoms with van der Waals surface area (Å²) in [5.74, 6) is 1.16. The summed E-state index contributed by atoms with van der Waals surface area (Å²) in [4.78, 5) is 27.4. The molecule has 0 bridgehead atoms. The zero-order chi connectivity index (χ0) is 21.1. The zero-order valence-corrected chi connectivity index (χ0v) is 17.2. The molecule has 0 spiro atoms. The molecule has 0 aliphatic carbocycles. The predicted molar refractivity (Wildman–Crippen MR) is 117 cm³/mol. The second-order valence-electron chi connectivity index (χ2n) is 7.83. The van der Waals surface area contributed by atoms with E-state index in [-0.39, 0.29) is 5.97 Å². The van der Waals surface area contributed by atoms with E-state index in [1.54, 1.807) is 6.07 Å². The monoisotopic (exact) mass is 412 g/mol. The van der Waals surface area contributed by atoms with Crippen LogP contribution < -0.4 is 4.90 Å². The number of esters is 1. The number of aromatic amines is 1. The number of para-hydroxylation sites is 1. The smallest absolute Gasteiger partial charge is 0.337 e. The first-order valence-corrected chi connectivity index (χ1v) is 10.2. The summed E-state index contributed by atoms with van der Waals surface area (Å²) >= 11 is 0. The Morgan fingerprint density at radius 1 is 1.13 bits per heavy atom. The number of carbonyl (C=O) groups excluding carboxylic acids is 1. The van der Waals surface area contributed by atoms with Gasteiger partial charge < -0.3 is 14.6 Å². The first-order valence-electron chi connectivity index (χ1n) is 10.2. The molecule has 4 heterocycles. The molecule has 154 valence electrons. The van der Waals surface area contributed by atoms with Crippen molar-refractivity contribution in [3.05, 3.63) is 65.1 Å². The van der Waals surface area contributed by atoms with Crippen LogP contribution >= 0.6 is 0 Å². The fourth-order valence-corrected chi connectivity index (χ4v) is 4.48. The molecule has 0 unspecified atom stereocenters. The number of aryl methyl sites for hydroxylation is 1. The second-order valence-corrected chi connectivity index (χ2v) is 7.83. The molecule has 0 atom stereocenters. The summed E-state index contributed by atoms with van der Waals surface area (Å²) in [5.41, 5.74) is 5.65. The second kappa shape index (κ2) is 6.53. The van der Waals surface area contributed by atoms with Crippen LogP contribution in [0.1, 0.15) is 27.4 Å². The number of nitrogens with zero attached hydrogens (tertiary/aromatic N) is 5. The average molecular weight is 412 g/mol. The van der Waals surface area contributed by atoms with Crippen LogP contribution in [0.3, 0.4) is 0 Å². The Labute approximate surface area is 177 Å². The van der Waals surface area contributed by atoms with Crippen molar-refractivity contribution in [3.8, 4) is 0 Å². The number of anilines is 1. The average Bonchev–Trinajstić information content (AvgIpc) is 3.37. The van der Waals surface area contributed by atoms with E-state index in [4.69, 9.17) is 9.72 Å². The lowest BCUT2D eigenvalue weighted by Crippen LogP contribution is -2.32. The van der Waals surface area contributed by atoms with Crippen LogP contribution in [-0.2, 0) is 17.7 Å². The Morgan fingerprint density at radius 3 is 2.87 bits per heavy atom. The number of ether oxygens (including phenoxy) is 1. The highest BCUT2D eigenvalue weighted by Crippen LogP contribution is 2.32. The Morgan fingerprint density at radius 2 is 2.00 bits per heavy atom. The third kappa shape index (κ3) is 2.68. The van der Waals surface area contributed by atoms with Gasteiger partial charge in [-0.3, -0.25) is 0 Å². The van der Waals surface area contributed by atoms with Gasteiger partial charge in [0, 0.05) is 47.1 Å². The lowest BCUT2D eigenvalue weighted by Gasteiger charge is -2.28. The van der Waals surface area contributed by atoms with Crippen molar-refractivity contribution in [3.63, 3.8) is 0 Å². The minimum Gasteiger partial charge on any atom is -0.465 e. The highest BCUT2D eigenvalue weighted by atomic mass is 16.5. The van der Waals surface area contributed by atoms with Gasteiger partial charge in [0.2, 0.25) is 5.95 Å². The Balaban J connectivity index is 1.50. The van der Waals surface area contributed by atoms with Crippen LogP contribution in [0.25, 0.3) is 27.5 Å². The lowest BCUT2D eigenvalue weighted by atomic mass is 10.0. The van der Waals surface area contributed by atoms with Crippen molar-refractivity contribution in [1.29, 1.82) is 0 Å². The molecule has 1 N–H and O–H groups in total.